The van der Waals surface area contributed by atoms with Gasteiger partial charge in [-0.15, -0.1) is 0 Å². The Labute approximate surface area is 145 Å². The summed E-state index contributed by atoms with van der Waals surface area (Å²) in [6, 6.07) is 8.15. The van der Waals surface area contributed by atoms with E-state index < -0.39 is 6.43 Å². The van der Waals surface area contributed by atoms with E-state index in [0.29, 0.717) is 18.4 Å². The molecule has 0 unspecified atom stereocenters. The van der Waals surface area contributed by atoms with Crippen molar-refractivity contribution < 1.29 is 13.6 Å². The van der Waals surface area contributed by atoms with E-state index >= 15 is 0 Å². The third-order valence-corrected chi connectivity index (χ3v) is 5.24. The van der Waals surface area contributed by atoms with Crippen molar-refractivity contribution in [3.05, 3.63) is 52.3 Å². The number of alkyl halides is 2. The molecule has 0 spiro atoms. The average Bonchev–Trinajstić information content (AvgIpc) is 3.19. The standard InChI is InChI=1S/C19H21F2N3O/c20-19(21)18-14-8-4-10-16(14)24(23-18)11-17(25)22-15-9-3-6-12-5-1-2-7-13(12)15/h1-2,5,7,15,19H,3-4,6,8-11H2,(H,22,25)/t15-/m1/s1. The highest BCUT2D eigenvalue weighted by atomic mass is 19.3. The molecule has 2 aliphatic rings. The van der Waals surface area contributed by atoms with Crippen molar-refractivity contribution in [1.82, 2.24) is 15.1 Å². The summed E-state index contributed by atoms with van der Waals surface area (Å²) in [6.45, 7) is 0.00766. The van der Waals surface area contributed by atoms with Crippen LogP contribution in [0, 0.1) is 0 Å². The van der Waals surface area contributed by atoms with Gasteiger partial charge in [0.2, 0.25) is 5.91 Å². The minimum absolute atomic E-state index is 0.00405. The second-order valence-electron chi connectivity index (χ2n) is 6.83. The maximum Gasteiger partial charge on any atom is 0.282 e. The van der Waals surface area contributed by atoms with Crippen molar-refractivity contribution >= 4 is 5.91 Å². The first-order valence-electron chi connectivity index (χ1n) is 8.87. The van der Waals surface area contributed by atoms with Crippen molar-refractivity contribution in [2.75, 3.05) is 0 Å². The summed E-state index contributed by atoms with van der Waals surface area (Å²) in [5.74, 6) is -0.167. The van der Waals surface area contributed by atoms with Crippen LogP contribution in [0.25, 0.3) is 0 Å². The Morgan fingerprint density at radius 1 is 1.24 bits per heavy atom. The van der Waals surface area contributed by atoms with Gasteiger partial charge in [-0.25, -0.2) is 8.78 Å². The van der Waals surface area contributed by atoms with Crippen molar-refractivity contribution in [2.45, 2.75) is 57.5 Å². The molecule has 6 heteroatoms. The van der Waals surface area contributed by atoms with Crippen molar-refractivity contribution in [1.29, 1.82) is 0 Å². The quantitative estimate of drug-likeness (QED) is 0.922. The average molecular weight is 345 g/mol. The second kappa shape index (κ2) is 6.58. The van der Waals surface area contributed by atoms with Crippen LogP contribution in [-0.4, -0.2) is 15.7 Å². The summed E-state index contributed by atoms with van der Waals surface area (Å²) in [6.07, 6.45) is 2.59. The van der Waals surface area contributed by atoms with E-state index in [9.17, 15) is 13.6 Å². The highest BCUT2D eigenvalue weighted by Crippen LogP contribution is 2.32. The van der Waals surface area contributed by atoms with Crippen molar-refractivity contribution in [3.8, 4) is 0 Å². The van der Waals surface area contributed by atoms with E-state index in [1.807, 2.05) is 12.1 Å². The molecule has 1 atom stereocenters. The predicted octanol–water partition coefficient (Wildman–Crippen LogP) is 3.50. The summed E-state index contributed by atoms with van der Waals surface area (Å²) in [4.78, 5) is 12.5. The maximum absolute atomic E-state index is 13.1. The fraction of sp³-hybridized carbons (Fsp3) is 0.474. The predicted molar refractivity (Wildman–Crippen MR) is 89.5 cm³/mol. The summed E-state index contributed by atoms with van der Waals surface area (Å²) >= 11 is 0. The van der Waals surface area contributed by atoms with Gasteiger partial charge in [0.25, 0.3) is 6.43 Å². The molecule has 1 aromatic carbocycles. The molecular weight excluding hydrogens is 324 g/mol. The molecule has 2 aromatic rings. The Hall–Kier alpha value is -2.24. The summed E-state index contributed by atoms with van der Waals surface area (Å²) in [5.41, 5.74) is 3.74. The number of nitrogens with one attached hydrogen (secondary N) is 1. The molecule has 25 heavy (non-hydrogen) atoms. The zero-order valence-electron chi connectivity index (χ0n) is 14.0. The number of aryl methyl sites for hydroxylation is 1. The van der Waals surface area contributed by atoms with E-state index in [1.54, 1.807) is 0 Å². The zero-order chi connectivity index (χ0) is 17.4. The van der Waals surface area contributed by atoms with Gasteiger partial charge in [0, 0.05) is 11.3 Å². The van der Waals surface area contributed by atoms with Gasteiger partial charge in [0.1, 0.15) is 12.2 Å². The molecule has 1 heterocycles. The van der Waals surface area contributed by atoms with Gasteiger partial charge < -0.3 is 5.32 Å². The molecule has 132 valence electrons. The number of hydrogen-bond acceptors (Lipinski definition) is 2. The SMILES string of the molecule is O=C(Cn1nc(C(F)F)c2c1CCC2)N[C@@H]1CCCc2ccccc21. The highest BCUT2D eigenvalue weighted by molar-refractivity contribution is 5.76. The Morgan fingerprint density at radius 2 is 2.08 bits per heavy atom. The third kappa shape index (κ3) is 3.05. The summed E-state index contributed by atoms with van der Waals surface area (Å²) in [5, 5.41) is 7.08. The van der Waals surface area contributed by atoms with Gasteiger partial charge in [-0.05, 0) is 49.7 Å². The molecular formula is C19H21F2N3O. The fourth-order valence-corrected chi connectivity index (χ4v) is 4.13. The molecule has 4 rings (SSSR count). The lowest BCUT2D eigenvalue weighted by Gasteiger charge is -2.26. The topological polar surface area (TPSA) is 46.9 Å². The number of aromatic nitrogens is 2. The largest absolute Gasteiger partial charge is 0.348 e. The van der Waals surface area contributed by atoms with Crippen LogP contribution in [0.15, 0.2) is 24.3 Å². The van der Waals surface area contributed by atoms with Gasteiger partial charge >= 0.3 is 0 Å². The number of rotatable bonds is 4. The number of benzene rings is 1. The summed E-state index contributed by atoms with van der Waals surface area (Å²) < 4.78 is 27.7. The van der Waals surface area contributed by atoms with Gasteiger partial charge in [-0.2, -0.15) is 5.10 Å². The number of hydrogen-bond donors (Lipinski definition) is 1. The monoisotopic (exact) mass is 345 g/mol. The Bertz CT molecular complexity index is 800. The molecule has 0 fully saturated rings. The number of fused-ring (bicyclic) bond motifs is 2. The first-order chi connectivity index (χ1) is 12.1. The van der Waals surface area contributed by atoms with E-state index in [-0.39, 0.29) is 24.2 Å². The molecule has 0 saturated carbocycles. The zero-order valence-corrected chi connectivity index (χ0v) is 14.0. The van der Waals surface area contributed by atoms with Gasteiger partial charge in [0.15, 0.2) is 0 Å². The number of carbonyl (C=O) groups excluding carboxylic acids is 1. The smallest absolute Gasteiger partial charge is 0.282 e. The lowest BCUT2D eigenvalue weighted by atomic mass is 9.88. The molecule has 0 saturated heterocycles. The highest BCUT2D eigenvalue weighted by Gasteiger charge is 2.28. The molecule has 2 aliphatic carbocycles. The minimum atomic E-state index is -2.58. The van der Waals surface area contributed by atoms with Crippen LogP contribution in [0.1, 0.15) is 59.8 Å². The van der Waals surface area contributed by atoms with Crippen LogP contribution in [0.3, 0.4) is 0 Å². The summed E-state index contributed by atoms with van der Waals surface area (Å²) in [7, 11) is 0. The van der Waals surface area contributed by atoms with Crippen LogP contribution in [0.2, 0.25) is 0 Å². The molecule has 0 radical (unpaired) electrons. The molecule has 0 bridgehead atoms. The lowest BCUT2D eigenvalue weighted by Crippen LogP contribution is -2.34. The number of nitrogens with zero attached hydrogens (tertiary/aromatic N) is 2. The first-order valence-corrected chi connectivity index (χ1v) is 8.87. The van der Waals surface area contributed by atoms with E-state index in [1.165, 1.54) is 15.8 Å². The van der Waals surface area contributed by atoms with Crippen molar-refractivity contribution in [3.63, 3.8) is 0 Å². The second-order valence-corrected chi connectivity index (χ2v) is 6.83. The molecule has 1 amide bonds. The van der Waals surface area contributed by atoms with Gasteiger partial charge in [-0.3, -0.25) is 9.48 Å². The Morgan fingerprint density at radius 3 is 2.92 bits per heavy atom. The van der Waals surface area contributed by atoms with E-state index in [0.717, 1.165) is 31.4 Å². The number of amides is 1. The number of carbonyl (C=O) groups is 1. The molecule has 1 aromatic heterocycles. The first kappa shape index (κ1) is 16.2. The van der Waals surface area contributed by atoms with E-state index in [2.05, 4.69) is 22.5 Å². The van der Waals surface area contributed by atoms with Gasteiger partial charge in [0.05, 0.1) is 6.04 Å². The Kier molecular flexibility index (Phi) is 4.27. The van der Waals surface area contributed by atoms with Crippen molar-refractivity contribution in [2.24, 2.45) is 0 Å². The van der Waals surface area contributed by atoms with Crippen LogP contribution < -0.4 is 5.32 Å². The lowest BCUT2D eigenvalue weighted by molar-refractivity contribution is -0.122. The third-order valence-electron chi connectivity index (χ3n) is 5.24. The molecule has 1 N–H and O–H groups in total. The number of halogens is 2. The fourth-order valence-electron chi connectivity index (χ4n) is 4.13. The molecule has 0 aliphatic heterocycles. The van der Waals surface area contributed by atoms with Crippen LogP contribution in [0.5, 0.6) is 0 Å². The Balaban J connectivity index is 1.50. The van der Waals surface area contributed by atoms with Crippen LogP contribution in [-0.2, 0) is 30.6 Å². The van der Waals surface area contributed by atoms with Gasteiger partial charge in [-0.1, -0.05) is 24.3 Å². The minimum Gasteiger partial charge on any atom is -0.348 e. The van der Waals surface area contributed by atoms with Crippen LogP contribution in [0.4, 0.5) is 8.78 Å². The maximum atomic E-state index is 13.1. The molecule has 4 nitrogen and oxygen atoms in total. The van der Waals surface area contributed by atoms with Crippen LogP contribution >= 0.6 is 0 Å². The normalized spacial score (nSPS) is 18.9. The van der Waals surface area contributed by atoms with E-state index in [4.69, 9.17) is 0 Å².